The van der Waals surface area contributed by atoms with E-state index in [1.54, 1.807) is 12.1 Å². The van der Waals surface area contributed by atoms with Crippen LogP contribution in [0.2, 0.25) is 0 Å². The second-order valence-electron chi connectivity index (χ2n) is 5.59. The van der Waals surface area contributed by atoms with E-state index in [0.717, 1.165) is 16.8 Å². The molecule has 0 aliphatic carbocycles. The molecule has 1 fully saturated rings. The highest BCUT2D eigenvalue weighted by Crippen LogP contribution is 2.54. The third kappa shape index (κ3) is 1.84. The third-order valence-electron chi connectivity index (χ3n) is 4.22. The number of halogens is 1. The van der Waals surface area contributed by atoms with Crippen LogP contribution in [-0.2, 0) is 14.5 Å². The summed E-state index contributed by atoms with van der Waals surface area (Å²) in [4.78, 5) is 25.5. The van der Waals surface area contributed by atoms with Crippen LogP contribution in [0.15, 0.2) is 42.5 Å². The molecule has 1 spiro atoms. The van der Waals surface area contributed by atoms with Crippen molar-refractivity contribution >= 4 is 35.0 Å². The Morgan fingerprint density at radius 1 is 1.22 bits per heavy atom. The number of thioether (sulfide) groups is 1. The molecule has 1 saturated heterocycles. The topological polar surface area (TPSA) is 49.4 Å². The fourth-order valence-corrected chi connectivity index (χ4v) is 4.52. The average molecular weight is 328 g/mol. The molecule has 1 N–H and O–H groups in total. The highest BCUT2D eigenvalue weighted by molar-refractivity contribution is 8.02. The zero-order chi connectivity index (χ0) is 16.2. The van der Waals surface area contributed by atoms with Gasteiger partial charge in [-0.3, -0.25) is 14.5 Å². The maximum absolute atomic E-state index is 13.6. The molecule has 2 amide bonds. The number of carbonyl (C=O) groups excluding carboxylic acids is 2. The van der Waals surface area contributed by atoms with Crippen molar-refractivity contribution in [3.8, 4) is 0 Å². The normalized spacial score (nSPS) is 22.6. The number of para-hydroxylation sites is 1. The summed E-state index contributed by atoms with van der Waals surface area (Å²) in [6.07, 6.45) is 0. The Morgan fingerprint density at radius 3 is 2.78 bits per heavy atom. The first-order valence-corrected chi connectivity index (χ1v) is 8.17. The number of anilines is 2. The minimum Gasteiger partial charge on any atom is -0.322 e. The summed E-state index contributed by atoms with van der Waals surface area (Å²) in [6.45, 7) is 1.91. The van der Waals surface area contributed by atoms with Crippen LogP contribution in [-0.4, -0.2) is 17.6 Å². The quantitative estimate of drug-likeness (QED) is 0.875. The highest BCUT2D eigenvalue weighted by atomic mass is 32.2. The maximum Gasteiger partial charge on any atom is 0.266 e. The van der Waals surface area contributed by atoms with Gasteiger partial charge in [0, 0.05) is 11.3 Å². The standard InChI is InChI=1S/C17H13FN2O2S/c1-10-4-2-7-13-15(10)19-16(22)17(13)20(14(21)9-23-17)12-6-3-5-11(18)8-12/h2-8H,9H2,1H3,(H,19,22)/t17-/m0/s1. The van der Waals surface area contributed by atoms with Gasteiger partial charge >= 0.3 is 0 Å². The van der Waals surface area contributed by atoms with Gasteiger partial charge in [0.2, 0.25) is 10.8 Å². The molecular weight excluding hydrogens is 315 g/mol. The van der Waals surface area contributed by atoms with Crippen LogP contribution in [0.5, 0.6) is 0 Å². The van der Waals surface area contributed by atoms with Crippen LogP contribution in [0.25, 0.3) is 0 Å². The lowest BCUT2D eigenvalue weighted by atomic mass is 10.0. The molecular formula is C17H13FN2O2S. The van der Waals surface area contributed by atoms with E-state index in [0.29, 0.717) is 5.69 Å². The molecule has 0 unspecified atom stereocenters. The van der Waals surface area contributed by atoms with Crippen LogP contribution in [0.4, 0.5) is 15.8 Å². The van der Waals surface area contributed by atoms with Crippen LogP contribution in [0.3, 0.4) is 0 Å². The number of benzene rings is 2. The smallest absolute Gasteiger partial charge is 0.266 e. The molecule has 0 radical (unpaired) electrons. The number of hydrogen-bond acceptors (Lipinski definition) is 3. The minimum absolute atomic E-state index is 0.178. The number of carbonyl (C=O) groups is 2. The van der Waals surface area contributed by atoms with E-state index in [4.69, 9.17) is 0 Å². The van der Waals surface area contributed by atoms with E-state index >= 15 is 0 Å². The zero-order valence-electron chi connectivity index (χ0n) is 12.3. The van der Waals surface area contributed by atoms with E-state index < -0.39 is 10.7 Å². The summed E-state index contributed by atoms with van der Waals surface area (Å²) in [5.74, 6) is -0.727. The van der Waals surface area contributed by atoms with Crippen molar-refractivity contribution in [2.24, 2.45) is 0 Å². The fourth-order valence-electron chi connectivity index (χ4n) is 3.21. The number of fused-ring (bicyclic) bond motifs is 2. The number of hydrogen-bond donors (Lipinski definition) is 1. The second kappa shape index (κ2) is 4.83. The molecule has 1 atom stereocenters. The summed E-state index contributed by atoms with van der Waals surface area (Å²) >= 11 is 1.27. The summed E-state index contributed by atoms with van der Waals surface area (Å²) in [5, 5.41) is 2.89. The molecule has 4 nitrogen and oxygen atoms in total. The first-order valence-electron chi connectivity index (χ1n) is 7.18. The molecule has 23 heavy (non-hydrogen) atoms. The zero-order valence-corrected chi connectivity index (χ0v) is 13.1. The average Bonchev–Trinajstić information content (AvgIpc) is 3.01. The van der Waals surface area contributed by atoms with E-state index in [1.165, 1.54) is 28.8 Å². The molecule has 0 bridgehead atoms. The Morgan fingerprint density at radius 2 is 2.00 bits per heavy atom. The van der Waals surface area contributed by atoms with Crippen LogP contribution in [0, 0.1) is 12.7 Å². The molecule has 2 aliphatic rings. The summed E-state index contributed by atoms with van der Waals surface area (Å²) in [7, 11) is 0. The van der Waals surface area contributed by atoms with Crippen molar-refractivity contribution in [3.05, 3.63) is 59.4 Å². The van der Waals surface area contributed by atoms with Gasteiger partial charge in [0.1, 0.15) is 5.82 Å². The molecule has 0 saturated carbocycles. The van der Waals surface area contributed by atoms with Crippen LogP contribution >= 0.6 is 11.8 Å². The lowest BCUT2D eigenvalue weighted by Gasteiger charge is -2.32. The largest absolute Gasteiger partial charge is 0.322 e. The van der Waals surface area contributed by atoms with Gasteiger partial charge in [-0.05, 0) is 30.7 Å². The Hall–Kier alpha value is -2.34. The summed E-state index contributed by atoms with van der Waals surface area (Å²) < 4.78 is 13.6. The first-order chi connectivity index (χ1) is 11.0. The highest BCUT2D eigenvalue weighted by Gasteiger charge is 2.58. The molecule has 2 aromatic rings. The monoisotopic (exact) mass is 328 g/mol. The van der Waals surface area contributed by atoms with Gasteiger partial charge in [-0.25, -0.2) is 4.39 Å². The number of rotatable bonds is 1. The lowest BCUT2D eigenvalue weighted by Crippen LogP contribution is -2.47. The third-order valence-corrected chi connectivity index (χ3v) is 5.62. The first kappa shape index (κ1) is 14.3. The molecule has 2 heterocycles. The predicted molar refractivity (Wildman–Crippen MR) is 87.8 cm³/mol. The van der Waals surface area contributed by atoms with Crippen LogP contribution < -0.4 is 10.2 Å². The van der Waals surface area contributed by atoms with E-state index in [-0.39, 0.29) is 17.6 Å². The molecule has 116 valence electrons. The molecule has 2 aliphatic heterocycles. The van der Waals surface area contributed by atoms with Crippen molar-refractivity contribution in [2.75, 3.05) is 16.0 Å². The lowest BCUT2D eigenvalue weighted by molar-refractivity contribution is -0.122. The van der Waals surface area contributed by atoms with Crippen molar-refractivity contribution in [3.63, 3.8) is 0 Å². The van der Waals surface area contributed by atoms with Crippen LogP contribution in [0.1, 0.15) is 11.1 Å². The molecule has 4 rings (SSSR count). The van der Waals surface area contributed by atoms with E-state index in [9.17, 15) is 14.0 Å². The molecule has 0 aromatic heterocycles. The second-order valence-corrected chi connectivity index (χ2v) is 6.76. The van der Waals surface area contributed by atoms with Gasteiger partial charge in [0.25, 0.3) is 5.91 Å². The van der Waals surface area contributed by atoms with Gasteiger partial charge in [0.05, 0.1) is 11.4 Å². The van der Waals surface area contributed by atoms with E-state index in [2.05, 4.69) is 5.32 Å². The van der Waals surface area contributed by atoms with Gasteiger partial charge in [0.15, 0.2) is 0 Å². The van der Waals surface area contributed by atoms with Crippen molar-refractivity contribution < 1.29 is 14.0 Å². The predicted octanol–water partition coefficient (Wildman–Crippen LogP) is 3.02. The Labute approximate surface area is 136 Å². The van der Waals surface area contributed by atoms with Crippen molar-refractivity contribution in [1.82, 2.24) is 0 Å². The Balaban J connectivity index is 1.95. The number of nitrogens with zero attached hydrogens (tertiary/aromatic N) is 1. The number of nitrogens with one attached hydrogen (secondary N) is 1. The van der Waals surface area contributed by atoms with Gasteiger partial charge in [-0.1, -0.05) is 24.3 Å². The van der Waals surface area contributed by atoms with Gasteiger partial charge in [-0.2, -0.15) is 0 Å². The van der Waals surface area contributed by atoms with Crippen molar-refractivity contribution in [2.45, 2.75) is 11.8 Å². The Kier molecular flexibility index (Phi) is 2.99. The SMILES string of the molecule is Cc1cccc2c1NC(=O)[C@@]21SCC(=O)N1c1cccc(F)c1. The fraction of sp³-hybridized carbons (Fsp3) is 0.176. The molecule has 2 aromatic carbocycles. The Bertz CT molecular complexity index is 854. The molecule has 6 heteroatoms. The summed E-state index contributed by atoms with van der Waals surface area (Å²) in [6, 6.07) is 11.4. The number of aryl methyl sites for hydroxylation is 1. The van der Waals surface area contributed by atoms with Gasteiger partial charge < -0.3 is 5.32 Å². The van der Waals surface area contributed by atoms with Crippen molar-refractivity contribution in [1.29, 1.82) is 0 Å². The summed E-state index contributed by atoms with van der Waals surface area (Å²) in [5.41, 5.74) is 2.82. The van der Waals surface area contributed by atoms with Gasteiger partial charge in [-0.15, -0.1) is 11.8 Å². The van der Waals surface area contributed by atoms with E-state index in [1.807, 2.05) is 25.1 Å². The minimum atomic E-state index is -1.16. The maximum atomic E-state index is 13.6. The number of amides is 2.